The highest BCUT2D eigenvalue weighted by Gasteiger charge is 2.55. The zero-order valence-electron chi connectivity index (χ0n) is 25.1. The minimum atomic E-state index is -0.901. The molecule has 2 heterocycles. The van der Waals surface area contributed by atoms with Crippen LogP contribution in [0.3, 0.4) is 0 Å². The number of carboxylic acid groups (broad SMARTS) is 1. The molecule has 0 aromatic heterocycles. The zero-order valence-corrected chi connectivity index (χ0v) is 25.9. The topological polar surface area (TPSA) is 102 Å². The first-order chi connectivity index (χ1) is 21.7. The minimum Gasteiger partial charge on any atom is -0.465 e. The summed E-state index contributed by atoms with van der Waals surface area (Å²) in [6, 6.07) is 22.8. The Morgan fingerprint density at radius 2 is 1.76 bits per heavy atom. The predicted molar refractivity (Wildman–Crippen MR) is 171 cm³/mol. The van der Waals surface area contributed by atoms with E-state index in [0.29, 0.717) is 60.7 Å². The molecule has 2 unspecified atom stereocenters. The summed E-state index contributed by atoms with van der Waals surface area (Å²) in [5, 5.41) is 19.7. The molecule has 8 nitrogen and oxygen atoms in total. The number of piperidine rings is 1. The highest BCUT2D eigenvalue weighted by molar-refractivity contribution is 6.33. The number of fused-ring (bicyclic) bond motifs is 1. The van der Waals surface area contributed by atoms with E-state index in [0.717, 1.165) is 48.9 Å². The summed E-state index contributed by atoms with van der Waals surface area (Å²) in [5.41, 5.74) is 4.43. The number of benzene rings is 3. The van der Waals surface area contributed by atoms with E-state index in [1.165, 1.54) is 4.90 Å². The first kappa shape index (κ1) is 29.5. The number of carbonyl (C=O) groups is 3. The van der Waals surface area contributed by atoms with Gasteiger partial charge in [0.05, 0.1) is 46.9 Å². The molecule has 2 aliphatic carbocycles. The molecule has 1 saturated carbocycles. The Hall–Kier alpha value is -4.19. The van der Waals surface area contributed by atoms with Crippen molar-refractivity contribution in [3.05, 3.63) is 99.6 Å². The number of quaternary nitrogens is 1. The van der Waals surface area contributed by atoms with E-state index in [4.69, 9.17) is 11.6 Å². The van der Waals surface area contributed by atoms with Gasteiger partial charge in [0, 0.05) is 37.0 Å². The molecule has 3 aromatic carbocycles. The summed E-state index contributed by atoms with van der Waals surface area (Å²) < 4.78 is 0.0942. The van der Waals surface area contributed by atoms with Crippen molar-refractivity contribution in [2.24, 2.45) is 5.41 Å². The summed E-state index contributed by atoms with van der Waals surface area (Å²) in [6.07, 6.45) is 4.86. The lowest BCUT2D eigenvalue weighted by molar-refractivity contribution is 0.0658. The second-order valence-electron chi connectivity index (χ2n) is 13.2. The zero-order chi connectivity index (χ0) is 31.3. The smallest absolute Gasteiger partial charge is 0.407 e. The van der Waals surface area contributed by atoms with E-state index in [2.05, 4.69) is 6.07 Å². The molecule has 2 aliphatic heterocycles. The van der Waals surface area contributed by atoms with E-state index in [9.17, 15) is 24.8 Å². The van der Waals surface area contributed by atoms with Gasteiger partial charge in [-0.3, -0.25) is 4.79 Å². The van der Waals surface area contributed by atoms with Crippen LogP contribution in [0.5, 0.6) is 0 Å². The largest absolute Gasteiger partial charge is 0.465 e. The summed E-state index contributed by atoms with van der Waals surface area (Å²) in [6.45, 7) is 2.06. The number of hydrogen-bond donors (Lipinski definition) is 1. The standard InChI is InChI=1S/C36H35ClN4O4/c37-31-7-2-1-6-29(31)33(42)40(27-11-12-27)32-13-10-25-8-9-26(21-30(25)32)34(43)41(28-5-3-4-24(20-28)22-38)19-16-36(23-41)14-17-39(18-15-36)35(44)45/h1-9,20-21,27,32H,10-19,23H2/p+1. The number of carbonyl (C=O) groups excluding carboxylic acids is 2. The summed E-state index contributed by atoms with van der Waals surface area (Å²) in [4.78, 5) is 43.9. The maximum atomic E-state index is 14.9. The monoisotopic (exact) mass is 623 g/mol. The molecular formula is C36H36ClN4O4+. The third-order valence-electron chi connectivity index (χ3n) is 10.6. The molecule has 3 fully saturated rings. The Bertz CT molecular complexity index is 1740. The van der Waals surface area contributed by atoms with Gasteiger partial charge in [0.2, 0.25) is 0 Å². The second-order valence-corrected chi connectivity index (χ2v) is 13.6. The summed E-state index contributed by atoms with van der Waals surface area (Å²) in [5.74, 6) is -0.0878. The van der Waals surface area contributed by atoms with Crippen LogP contribution in [0.1, 0.15) is 82.0 Å². The van der Waals surface area contributed by atoms with Crippen molar-refractivity contribution in [2.75, 3.05) is 26.2 Å². The third kappa shape index (κ3) is 5.18. The van der Waals surface area contributed by atoms with Crippen LogP contribution in [0.15, 0.2) is 66.7 Å². The highest BCUT2D eigenvalue weighted by Crippen LogP contribution is 2.48. The first-order valence-electron chi connectivity index (χ1n) is 15.8. The van der Waals surface area contributed by atoms with Crippen molar-refractivity contribution in [2.45, 2.75) is 57.0 Å². The molecule has 0 radical (unpaired) electrons. The van der Waals surface area contributed by atoms with Gasteiger partial charge in [-0.25, -0.2) is 14.1 Å². The number of hydrogen-bond acceptors (Lipinski definition) is 4. The molecule has 0 bridgehead atoms. The van der Waals surface area contributed by atoms with Crippen molar-refractivity contribution in [3.63, 3.8) is 0 Å². The predicted octanol–water partition coefficient (Wildman–Crippen LogP) is 6.82. The van der Waals surface area contributed by atoms with E-state index in [1.807, 2.05) is 53.4 Å². The normalized spacial score (nSPS) is 23.4. The van der Waals surface area contributed by atoms with Crippen LogP contribution in [0, 0.1) is 16.7 Å². The number of amides is 3. The lowest BCUT2D eigenvalue weighted by Gasteiger charge is -2.39. The summed E-state index contributed by atoms with van der Waals surface area (Å²) >= 11 is 6.47. The Kier molecular flexibility index (Phi) is 7.42. The van der Waals surface area contributed by atoms with Gasteiger partial charge in [-0.05, 0) is 86.1 Å². The number of rotatable bonds is 5. The van der Waals surface area contributed by atoms with Gasteiger partial charge in [-0.1, -0.05) is 35.9 Å². The van der Waals surface area contributed by atoms with Gasteiger partial charge in [0.15, 0.2) is 0 Å². The lowest BCUT2D eigenvalue weighted by Crippen LogP contribution is -2.55. The van der Waals surface area contributed by atoms with Crippen LogP contribution in [0.25, 0.3) is 0 Å². The second kappa shape index (κ2) is 11.3. The number of likely N-dealkylation sites (tertiary alicyclic amines) is 2. The molecule has 2 saturated heterocycles. The number of nitrogens with zero attached hydrogens (tertiary/aromatic N) is 4. The Labute approximate surface area is 268 Å². The first-order valence-corrected chi connectivity index (χ1v) is 16.2. The number of nitriles is 1. The van der Waals surface area contributed by atoms with Crippen molar-refractivity contribution in [3.8, 4) is 6.07 Å². The molecule has 3 amide bonds. The molecular weight excluding hydrogens is 588 g/mol. The average Bonchev–Trinajstić information content (AvgIpc) is 3.70. The van der Waals surface area contributed by atoms with E-state index >= 15 is 0 Å². The van der Waals surface area contributed by atoms with Gasteiger partial charge >= 0.3 is 12.0 Å². The van der Waals surface area contributed by atoms with Crippen LogP contribution in [0.4, 0.5) is 10.5 Å². The number of aryl methyl sites for hydroxylation is 1. The molecule has 9 heteroatoms. The van der Waals surface area contributed by atoms with Crippen LogP contribution in [-0.4, -0.2) is 65.0 Å². The van der Waals surface area contributed by atoms with Gasteiger partial charge in [0.1, 0.15) is 5.69 Å². The van der Waals surface area contributed by atoms with Crippen molar-refractivity contribution >= 4 is 35.2 Å². The molecule has 1 spiro atoms. The molecule has 7 rings (SSSR count). The molecule has 45 heavy (non-hydrogen) atoms. The van der Waals surface area contributed by atoms with Crippen molar-refractivity contribution < 1.29 is 19.5 Å². The highest BCUT2D eigenvalue weighted by atomic mass is 35.5. The van der Waals surface area contributed by atoms with Crippen LogP contribution >= 0.6 is 11.6 Å². The molecule has 230 valence electrons. The maximum absolute atomic E-state index is 14.9. The maximum Gasteiger partial charge on any atom is 0.407 e. The van der Waals surface area contributed by atoms with E-state index < -0.39 is 6.09 Å². The van der Waals surface area contributed by atoms with Gasteiger partial charge in [0.25, 0.3) is 5.91 Å². The molecule has 3 aromatic rings. The van der Waals surface area contributed by atoms with E-state index in [-0.39, 0.29) is 33.8 Å². The number of halogens is 1. The van der Waals surface area contributed by atoms with Crippen LogP contribution in [-0.2, 0) is 6.42 Å². The van der Waals surface area contributed by atoms with Crippen molar-refractivity contribution in [1.82, 2.24) is 14.3 Å². The third-order valence-corrected chi connectivity index (χ3v) is 11.0. The fourth-order valence-corrected chi connectivity index (χ4v) is 8.25. The average molecular weight is 624 g/mol. The summed E-state index contributed by atoms with van der Waals surface area (Å²) in [7, 11) is 0. The Morgan fingerprint density at radius 3 is 2.47 bits per heavy atom. The van der Waals surface area contributed by atoms with Gasteiger partial charge < -0.3 is 14.9 Å². The van der Waals surface area contributed by atoms with Crippen molar-refractivity contribution in [1.29, 1.82) is 5.26 Å². The van der Waals surface area contributed by atoms with Crippen LogP contribution < -0.4 is 4.48 Å². The lowest BCUT2D eigenvalue weighted by atomic mass is 9.77. The fourth-order valence-electron chi connectivity index (χ4n) is 8.03. The molecule has 2 atom stereocenters. The minimum absolute atomic E-state index is 0.0218. The quantitative estimate of drug-likeness (QED) is 0.315. The SMILES string of the molecule is N#Cc1cccc([N+]2(C(=O)c3ccc4c(c3)C(N(C(=O)c3ccccc3Cl)C3CC3)CC4)CCC3(CCN(C(=O)O)CC3)C2)c1. The van der Waals surface area contributed by atoms with Crippen LogP contribution in [0.2, 0.25) is 5.02 Å². The van der Waals surface area contributed by atoms with Gasteiger partial charge in [-0.15, -0.1) is 0 Å². The fraction of sp³-hybridized carbons (Fsp3) is 0.389. The molecule has 1 N–H and O–H groups in total. The Morgan fingerprint density at radius 1 is 0.978 bits per heavy atom. The Balaban J connectivity index is 1.25. The van der Waals surface area contributed by atoms with Gasteiger partial charge in [-0.2, -0.15) is 5.26 Å². The molecule has 4 aliphatic rings. The van der Waals surface area contributed by atoms with E-state index in [1.54, 1.807) is 18.2 Å².